The van der Waals surface area contributed by atoms with Gasteiger partial charge in [0.25, 0.3) is 0 Å². The summed E-state index contributed by atoms with van der Waals surface area (Å²) in [6.45, 7) is 2.27. The largest absolute Gasteiger partial charge is 0.496 e. The molecule has 2 rings (SSSR count). The molecule has 0 atom stereocenters. The number of anilines is 1. The van der Waals surface area contributed by atoms with Crippen molar-refractivity contribution in [3.8, 4) is 5.75 Å². The molecular weight excluding hydrogens is 345 g/mol. The number of nitrogens with one attached hydrogen (secondary N) is 2. The maximum atomic E-state index is 12.7. The van der Waals surface area contributed by atoms with Gasteiger partial charge in [-0.25, -0.2) is 0 Å². The Morgan fingerprint density at radius 1 is 1.15 bits per heavy atom. The first-order valence-electron chi connectivity index (χ1n) is 8.11. The van der Waals surface area contributed by atoms with Crippen LogP contribution in [0.3, 0.4) is 0 Å². The topological polar surface area (TPSA) is 50.4 Å². The molecule has 0 spiro atoms. The van der Waals surface area contributed by atoms with Crippen molar-refractivity contribution in [2.24, 2.45) is 0 Å². The van der Waals surface area contributed by atoms with E-state index in [1.54, 1.807) is 7.11 Å². The Morgan fingerprint density at radius 2 is 1.92 bits per heavy atom. The van der Waals surface area contributed by atoms with E-state index < -0.39 is 11.7 Å². The zero-order valence-electron chi connectivity index (χ0n) is 14.6. The van der Waals surface area contributed by atoms with E-state index in [0.717, 1.165) is 29.0 Å². The fourth-order valence-electron chi connectivity index (χ4n) is 2.49. The molecule has 140 valence electrons. The van der Waals surface area contributed by atoms with Crippen molar-refractivity contribution in [2.75, 3.05) is 25.5 Å². The maximum absolute atomic E-state index is 12.7. The van der Waals surface area contributed by atoms with Crippen molar-refractivity contribution in [3.63, 3.8) is 0 Å². The summed E-state index contributed by atoms with van der Waals surface area (Å²) < 4.78 is 43.3. The highest BCUT2D eigenvalue weighted by atomic mass is 19.4. The molecule has 0 aliphatic rings. The molecule has 0 radical (unpaired) electrons. The van der Waals surface area contributed by atoms with E-state index in [2.05, 4.69) is 10.6 Å². The van der Waals surface area contributed by atoms with Gasteiger partial charge in [-0.3, -0.25) is 4.79 Å². The smallest absolute Gasteiger partial charge is 0.416 e. The van der Waals surface area contributed by atoms with Crippen LogP contribution >= 0.6 is 0 Å². The van der Waals surface area contributed by atoms with Crippen LogP contribution in [0, 0.1) is 6.92 Å². The Labute approximate surface area is 150 Å². The Morgan fingerprint density at radius 3 is 2.62 bits per heavy atom. The average molecular weight is 366 g/mol. The maximum Gasteiger partial charge on any atom is 0.416 e. The van der Waals surface area contributed by atoms with Crippen LogP contribution in [0.5, 0.6) is 5.75 Å². The van der Waals surface area contributed by atoms with E-state index in [-0.39, 0.29) is 18.1 Å². The molecule has 4 nitrogen and oxygen atoms in total. The molecule has 2 N–H and O–H groups in total. The second-order valence-electron chi connectivity index (χ2n) is 5.85. The molecule has 0 aromatic heterocycles. The van der Waals surface area contributed by atoms with Gasteiger partial charge in [-0.2, -0.15) is 13.2 Å². The van der Waals surface area contributed by atoms with Crippen molar-refractivity contribution in [3.05, 3.63) is 59.2 Å². The molecule has 1 amide bonds. The zero-order valence-corrected chi connectivity index (χ0v) is 14.6. The molecule has 7 heteroatoms. The molecule has 2 aromatic rings. The number of ether oxygens (including phenoxy) is 1. The lowest BCUT2D eigenvalue weighted by Gasteiger charge is -2.12. The van der Waals surface area contributed by atoms with Gasteiger partial charge in [0.15, 0.2) is 0 Å². The highest BCUT2D eigenvalue weighted by Crippen LogP contribution is 2.30. The lowest BCUT2D eigenvalue weighted by atomic mass is 10.1. The lowest BCUT2D eigenvalue weighted by Crippen LogP contribution is -2.31. The summed E-state index contributed by atoms with van der Waals surface area (Å²) in [6.07, 6.45) is -3.81. The van der Waals surface area contributed by atoms with Gasteiger partial charge >= 0.3 is 6.18 Å². The normalized spacial score (nSPS) is 11.1. The van der Waals surface area contributed by atoms with Crippen LogP contribution in [-0.2, 0) is 17.4 Å². The number of aryl methyl sites for hydroxylation is 1. The fraction of sp³-hybridized carbons (Fsp3) is 0.316. The van der Waals surface area contributed by atoms with Gasteiger partial charge in [-0.15, -0.1) is 0 Å². The Balaban J connectivity index is 1.82. The van der Waals surface area contributed by atoms with Crippen LogP contribution in [-0.4, -0.2) is 26.1 Å². The number of hydrogen-bond acceptors (Lipinski definition) is 3. The third kappa shape index (κ3) is 5.68. The SMILES string of the molecule is COc1ccc(C)cc1CCNC(=O)CNc1cccc(C(F)(F)F)c1. The third-order valence-corrected chi connectivity index (χ3v) is 3.80. The summed E-state index contributed by atoms with van der Waals surface area (Å²) in [5.74, 6) is 0.459. The van der Waals surface area contributed by atoms with Crippen molar-refractivity contribution in [1.29, 1.82) is 0 Å². The van der Waals surface area contributed by atoms with Gasteiger partial charge in [0, 0.05) is 12.2 Å². The summed E-state index contributed by atoms with van der Waals surface area (Å²) in [5, 5.41) is 5.44. The van der Waals surface area contributed by atoms with Crippen molar-refractivity contribution >= 4 is 11.6 Å². The molecule has 0 heterocycles. The first kappa shape index (κ1) is 19.6. The van der Waals surface area contributed by atoms with Crippen LogP contribution in [0.15, 0.2) is 42.5 Å². The van der Waals surface area contributed by atoms with Crippen LogP contribution in [0.1, 0.15) is 16.7 Å². The Bertz CT molecular complexity index is 761. The van der Waals surface area contributed by atoms with E-state index in [1.165, 1.54) is 12.1 Å². The summed E-state index contributed by atoms with van der Waals surface area (Å²) in [6, 6.07) is 10.6. The van der Waals surface area contributed by atoms with Gasteiger partial charge in [-0.05, 0) is 43.2 Å². The number of amides is 1. The predicted molar refractivity (Wildman–Crippen MR) is 94.4 cm³/mol. The number of rotatable bonds is 7. The van der Waals surface area contributed by atoms with E-state index in [9.17, 15) is 18.0 Å². The molecule has 0 aliphatic heterocycles. The number of carbonyl (C=O) groups excluding carboxylic acids is 1. The Kier molecular flexibility index (Phi) is 6.49. The second-order valence-corrected chi connectivity index (χ2v) is 5.85. The average Bonchev–Trinajstić information content (AvgIpc) is 2.60. The number of carbonyl (C=O) groups is 1. The van der Waals surface area contributed by atoms with Crippen LogP contribution in [0.25, 0.3) is 0 Å². The van der Waals surface area contributed by atoms with Gasteiger partial charge in [0.1, 0.15) is 5.75 Å². The molecule has 0 aliphatic carbocycles. The van der Waals surface area contributed by atoms with Gasteiger partial charge in [0.2, 0.25) is 5.91 Å². The summed E-state index contributed by atoms with van der Waals surface area (Å²) in [4.78, 5) is 11.9. The number of benzene rings is 2. The number of halogens is 3. The Hall–Kier alpha value is -2.70. The summed E-state index contributed by atoms with van der Waals surface area (Å²) >= 11 is 0. The minimum Gasteiger partial charge on any atom is -0.496 e. The highest BCUT2D eigenvalue weighted by Gasteiger charge is 2.30. The summed E-state index contributed by atoms with van der Waals surface area (Å²) in [7, 11) is 1.59. The van der Waals surface area contributed by atoms with Gasteiger partial charge in [-0.1, -0.05) is 23.8 Å². The minimum absolute atomic E-state index is 0.105. The number of alkyl halides is 3. The second kappa shape index (κ2) is 8.60. The summed E-state index contributed by atoms with van der Waals surface area (Å²) in [5.41, 5.74) is 1.57. The molecule has 0 unspecified atom stereocenters. The molecule has 2 aromatic carbocycles. The monoisotopic (exact) mass is 366 g/mol. The van der Waals surface area contributed by atoms with Crippen LogP contribution < -0.4 is 15.4 Å². The highest BCUT2D eigenvalue weighted by molar-refractivity contribution is 5.80. The van der Waals surface area contributed by atoms with Crippen molar-refractivity contribution < 1.29 is 22.7 Å². The molecular formula is C19H21F3N2O2. The molecule has 0 fully saturated rings. The fourth-order valence-corrected chi connectivity index (χ4v) is 2.49. The van der Waals surface area contributed by atoms with E-state index in [0.29, 0.717) is 13.0 Å². The zero-order chi connectivity index (χ0) is 19.2. The van der Waals surface area contributed by atoms with Crippen molar-refractivity contribution in [1.82, 2.24) is 5.32 Å². The van der Waals surface area contributed by atoms with E-state index in [4.69, 9.17) is 4.74 Å². The van der Waals surface area contributed by atoms with E-state index in [1.807, 2.05) is 25.1 Å². The van der Waals surface area contributed by atoms with Crippen LogP contribution in [0.4, 0.5) is 18.9 Å². The lowest BCUT2D eigenvalue weighted by molar-refractivity contribution is -0.137. The predicted octanol–water partition coefficient (Wildman–Crippen LogP) is 3.79. The van der Waals surface area contributed by atoms with E-state index >= 15 is 0 Å². The quantitative estimate of drug-likeness (QED) is 0.784. The number of methoxy groups -OCH3 is 1. The minimum atomic E-state index is -4.41. The van der Waals surface area contributed by atoms with Crippen LogP contribution in [0.2, 0.25) is 0 Å². The third-order valence-electron chi connectivity index (χ3n) is 3.80. The first-order chi connectivity index (χ1) is 12.3. The first-order valence-corrected chi connectivity index (χ1v) is 8.11. The van der Waals surface area contributed by atoms with Gasteiger partial charge < -0.3 is 15.4 Å². The van der Waals surface area contributed by atoms with Gasteiger partial charge in [0.05, 0.1) is 19.2 Å². The molecule has 26 heavy (non-hydrogen) atoms. The van der Waals surface area contributed by atoms with Crippen molar-refractivity contribution in [2.45, 2.75) is 19.5 Å². The molecule has 0 bridgehead atoms. The standard InChI is InChI=1S/C19H21F3N2O2/c1-13-6-7-17(26-2)14(10-13)8-9-23-18(25)12-24-16-5-3-4-15(11-16)19(20,21)22/h3-7,10-11,24H,8-9,12H2,1-2H3,(H,23,25). The molecule has 0 saturated heterocycles. The number of hydrogen-bond donors (Lipinski definition) is 2. The molecule has 0 saturated carbocycles.